The van der Waals surface area contributed by atoms with E-state index in [0.29, 0.717) is 0 Å². The van der Waals surface area contributed by atoms with Crippen LogP contribution < -0.4 is 11.1 Å². The van der Waals surface area contributed by atoms with Crippen LogP contribution in [-0.2, 0) is 5.41 Å². The fraction of sp³-hybridized carbons (Fsp3) is 0.0385. The van der Waals surface area contributed by atoms with Crippen LogP contribution in [0.3, 0.4) is 0 Å². The number of hydrogen-bond acceptors (Lipinski definition) is 2. The van der Waals surface area contributed by atoms with Gasteiger partial charge in [0, 0.05) is 5.69 Å². The Labute approximate surface area is 316 Å². The molecule has 0 saturated carbocycles. The fourth-order valence-electron chi connectivity index (χ4n) is 8.86. The van der Waals surface area contributed by atoms with Crippen molar-refractivity contribution < 1.29 is 0 Å². The highest BCUT2D eigenvalue weighted by molar-refractivity contribution is 6.08. The van der Waals surface area contributed by atoms with Crippen molar-refractivity contribution in [2.45, 2.75) is 12.3 Å². The minimum absolute atomic E-state index is 0.337. The molecule has 0 heterocycles. The molecule has 256 valence electrons. The number of fused-ring (bicyclic) bond motifs is 13. The summed E-state index contributed by atoms with van der Waals surface area (Å²) in [6.45, 7) is 2.14. The van der Waals surface area contributed by atoms with Gasteiger partial charge < -0.3 is 11.1 Å². The van der Waals surface area contributed by atoms with E-state index in [2.05, 4.69) is 152 Å². The molecular weight excluding hydrogens is 653 g/mol. The lowest BCUT2D eigenvalue weighted by atomic mass is 9.70. The molecule has 9 aromatic carbocycles. The molecule has 2 heteroatoms. The molecule has 11 rings (SSSR count). The maximum absolute atomic E-state index is 5.81. The van der Waals surface area contributed by atoms with Crippen molar-refractivity contribution in [3.05, 3.63) is 222 Å². The van der Waals surface area contributed by atoms with Gasteiger partial charge in [-0.15, -0.1) is 0 Å². The number of rotatable bonds is 3. The zero-order valence-corrected chi connectivity index (χ0v) is 30.1. The summed E-state index contributed by atoms with van der Waals surface area (Å²) in [6, 6.07) is 70.2. The summed E-state index contributed by atoms with van der Waals surface area (Å²) in [4.78, 5) is 0. The lowest BCUT2D eigenvalue weighted by Crippen LogP contribution is -2.25. The van der Waals surface area contributed by atoms with Crippen molar-refractivity contribution in [1.29, 1.82) is 0 Å². The molecule has 0 radical (unpaired) electrons. The summed E-state index contributed by atoms with van der Waals surface area (Å²) < 4.78 is 0. The topological polar surface area (TPSA) is 38.0 Å². The van der Waals surface area contributed by atoms with Gasteiger partial charge in [0.05, 0.1) is 16.8 Å². The normalized spacial score (nSPS) is 12.8. The van der Waals surface area contributed by atoms with E-state index in [9.17, 15) is 0 Å². The fourth-order valence-corrected chi connectivity index (χ4v) is 8.86. The van der Waals surface area contributed by atoms with Crippen molar-refractivity contribution in [2.75, 3.05) is 11.1 Å². The molecule has 0 amide bonds. The van der Waals surface area contributed by atoms with Crippen LogP contribution >= 0.6 is 0 Å². The summed E-state index contributed by atoms with van der Waals surface area (Å²) in [6.07, 6.45) is 0. The number of nitrogens with two attached hydrogens (primary N) is 1. The number of anilines is 3. The molecule has 0 aliphatic heterocycles. The van der Waals surface area contributed by atoms with Crippen LogP contribution in [0, 0.1) is 6.92 Å². The number of nitrogens with one attached hydrogen (secondary N) is 1. The van der Waals surface area contributed by atoms with Crippen molar-refractivity contribution >= 4 is 38.6 Å². The van der Waals surface area contributed by atoms with Crippen LogP contribution in [0.25, 0.3) is 54.9 Å². The Morgan fingerprint density at radius 3 is 1.81 bits per heavy atom. The molecule has 54 heavy (non-hydrogen) atoms. The molecule has 3 N–H and O–H groups in total. The van der Waals surface area contributed by atoms with Crippen molar-refractivity contribution in [1.82, 2.24) is 0 Å². The highest BCUT2D eigenvalue weighted by atomic mass is 14.9. The van der Waals surface area contributed by atoms with E-state index in [1.54, 1.807) is 0 Å². The van der Waals surface area contributed by atoms with E-state index < -0.39 is 0 Å². The third-order valence-electron chi connectivity index (χ3n) is 11.3. The number of aryl methyl sites for hydroxylation is 1. The van der Waals surface area contributed by atoms with Crippen molar-refractivity contribution in [3.8, 4) is 33.4 Å². The highest BCUT2D eigenvalue weighted by Crippen LogP contribution is 2.64. The molecule has 0 fully saturated rings. The second-order valence-electron chi connectivity index (χ2n) is 14.5. The molecule has 0 saturated heterocycles. The first kappa shape index (κ1) is 31.8. The SMILES string of the molecule is Cc1ccc(-c2ccc3cc4c(cc3c2)C2(c3ccccc3-c3ccccc32)c2ccc3ccccc3c2-4)cc1.Nc1ccccc1Nc1ccccc1. The summed E-state index contributed by atoms with van der Waals surface area (Å²) in [5.74, 6) is 0. The zero-order valence-electron chi connectivity index (χ0n) is 30.1. The third kappa shape index (κ3) is 4.95. The predicted octanol–water partition coefficient (Wildman–Crippen LogP) is 13.3. The quantitative estimate of drug-likeness (QED) is 0.181. The van der Waals surface area contributed by atoms with E-state index in [1.807, 2.05) is 54.6 Å². The Kier molecular flexibility index (Phi) is 7.45. The Morgan fingerprint density at radius 2 is 1.06 bits per heavy atom. The molecule has 2 aliphatic rings. The predicted molar refractivity (Wildman–Crippen MR) is 229 cm³/mol. The van der Waals surface area contributed by atoms with Gasteiger partial charge in [0.1, 0.15) is 0 Å². The molecule has 2 aliphatic carbocycles. The first-order valence-corrected chi connectivity index (χ1v) is 18.6. The lowest BCUT2D eigenvalue weighted by molar-refractivity contribution is 0.795. The average molecular weight is 691 g/mol. The van der Waals surface area contributed by atoms with Crippen LogP contribution in [0.1, 0.15) is 27.8 Å². The van der Waals surface area contributed by atoms with Crippen LogP contribution in [0.5, 0.6) is 0 Å². The van der Waals surface area contributed by atoms with Crippen LogP contribution in [-0.4, -0.2) is 0 Å². The zero-order chi connectivity index (χ0) is 36.2. The number of benzene rings is 9. The van der Waals surface area contributed by atoms with Gasteiger partial charge in [-0.2, -0.15) is 0 Å². The maximum Gasteiger partial charge on any atom is 0.0725 e. The monoisotopic (exact) mass is 690 g/mol. The van der Waals surface area contributed by atoms with Crippen LogP contribution in [0.15, 0.2) is 194 Å². The van der Waals surface area contributed by atoms with E-state index in [0.717, 1.165) is 17.1 Å². The Bertz CT molecular complexity index is 2820. The van der Waals surface area contributed by atoms with E-state index in [-0.39, 0.29) is 5.41 Å². The van der Waals surface area contributed by atoms with Gasteiger partial charge in [0.15, 0.2) is 0 Å². The highest BCUT2D eigenvalue weighted by Gasteiger charge is 2.52. The first-order valence-electron chi connectivity index (χ1n) is 18.6. The van der Waals surface area contributed by atoms with E-state index in [4.69, 9.17) is 5.73 Å². The lowest BCUT2D eigenvalue weighted by Gasteiger charge is -2.30. The first-order chi connectivity index (χ1) is 26.6. The summed E-state index contributed by atoms with van der Waals surface area (Å²) in [5, 5.41) is 8.44. The van der Waals surface area contributed by atoms with Gasteiger partial charge in [-0.3, -0.25) is 0 Å². The molecule has 0 bridgehead atoms. The number of hydrogen-bond donors (Lipinski definition) is 2. The van der Waals surface area contributed by atoms with Crippen LogP contribution in [0.4, 0.5) is 17.1 Å². The smallest absolute Gasteiger partial charge is 0.0725 e. The molecular formula is C52H38N2. The minimum Gasteiger partial charge on any atom is -0.397 e. The Balaban J connectivity index is 0.000000218. The minimum atomic E-state index is -0.337. The average Bonchev–Trinajstić information content (AvgIpc) is 3.68. The summed E-state index contributed by atoms with van der Waals surface area (Å²) in [7, 11) is 0. The van der Waals surface area contributed by atoms with Gasteiger partial charge in [0.25, 0.3) is 0 Å². The number of nitrogen functional groups attached to an aromatic ring is 1. The van der Waals surface area contributed by atoms with Gasteiger partial charge in [-0.25, -0.2) is 0 Å². The van der Waals surface area contributed by atoms with Gasteiger partial charge in [0.2, 0.25) is 0 Å². The molecule has 1 spiro atoms. The summed E-state index contributed by atoms with van der Waals surface area (Å²) in [5.41, 5.74) is 23.0. The van der Waals surface area contributed by atoms with Crippen LogP contribution in [0.2, 0.25) is 0 Å². The molecule has 2 nitrogen and oxygen atoms in total. The van der Waals surface area contributed by atoms with Crippen molar-refractivity contribution in [3.63, 3.8) is 0 Å². The van der Waals surface area contributed by atoms with Gasteiger partial charge in [-0.05, 0) is 127 Å². The molecule has 0 atom stereocenters. The standard InChI is InChI=1S/C40H26.C12H12N2/c1-25-14-16-26(17-15-25)28-18-19-29-23-34-38(24-30(29)22-28)40(37-21-20-27-8-2-3-9-31(27)39(34)37)35-12-6-4-10-32(35)33-11-5-7-13-36(33)40;13-11-8-4-5-9-12(11)14-10-6-2-1-3-7-10/h2-24H,1H3;1-9,14H,13H2. The van der Waals surface area contributed by atoms with Gasteiger partial charge in [-0.1, -0.05) is 157 Å². The second kappa shape index (κ2) is 12.6. The molecule has 0 aromatic heterocycles. The largest absolute Gasteiger partial charge is 0.397 e. The van der Waals surface area contributed by atoms with Gasteiger partial charge >= 0.3 is 0 Å². The van der Waals surface area contributed by atoms with Crippen molar-refractivity contribution in [2.24, 2.45) is 0 Å². The number of para-hydroxylation sites is 3. The summed E-state index contributed by atoms with van der Waals surface area (Å²) >= 11 is 0. The third-order valence-corrected chi connectivity index (χ3v) is 11.3. The maximum atomic E-state index is 5.81. The molecule has 9 aromatic rings. The Morgan fingerprint density at radius 1 is 0.426 bits per heavy atom. The Hall–Kier alpha value is -6.90. The molecule has 0 unspecified atom stereocenters. The van der Waals surface area contributed by atoms with E-state index >= 15 is 0 Å². The second-order valence-corrected chi connectivity index (χ2v) is 14.5. The van der Waals surface area contributed by atoms with E-state index in [1.165, 1.54) is 82.7 Å².